The van der Waals surface area contributed by atoms with Crippen LogP contribution in [-0.4, -0.2) is 47.6 Å². The molecule has 4 rings (SSSR count). The molecule has 0 amide bonds. The smallest absolute Gasteiger partial charge is 0.138 e. The highest BCUT2D eigenvalue weighted by atomic mass is 15.3. The Morgan fingerprint density at radius 3 is 2.50 bits per heavy atom. The van der Waals surface area contributed by atoms with Gasteiger partial charge in [-0.15, -0.1) is 0 Å². The number of H-pyrrole nitrogens is 1. The van der Waals surface area contributed by atoms with Gasteiger partial charge >= 0.3 is 0 Å². The van der Waals surface area contributed by atoms with Crippen molar-refractivity contribution >= 4 is 16.7 Å². The predicted octanol–water partition coefficient (Wildman–Crippen LogP) is 5.06. The number of fused-ring (bicyclic) bond motifs is 1. The molecule has 0 bridgehead atoms. The molecule has 0 aliphatic carbocycles. The number of rotatable bonds is 3. The summed E-state index contributed by atoms with van der Waals surface area (Å²) >= 11 is 0. The zero-order valence-electron chi connectivity index (χ0n) is 17.8. The molecule has 2 aromatic carbocycles. The van der Waals surface area contributed by atoms with Crippen LogP contribution >= 0.6 is 0 Å². The Hall–Kier alpha value is -2.33. The number of anilines is 1. The van der Waals surface area contributed by atoms with E-state index >= 15 is 0 Å². The fraction of sp³-hybridized carbons (Fsp3) is 0.458. The van der Waals surface area contributed by atoms with E-state index in [1.807, 2.05) is 0 Å². The Labute approximate surface area is 168 Å². The molecular weight excluding hydrogens is 344 g/mol. The van der Waals surface area contributed by atoms with Crippen molar-refractivity contribution in [1.82, 2.24) is 14.9 Å². The normalized spacial score (nSPS) is 18.8. The van der Waals surface area contributed by atoms with Crippen LogP contribution in [0.5, 0.6) is 0 Å². The fourth-order valence-corrected chi connectivity index (χ4v) is 4.14. The van der Waals surface area contributed by atoms with Crippen molar-refractivity contribution in [2.24, 2.45) is 0 Å². The van der Waals surface area contributed by atoms with E-state index in [-0.39, 0.29) is 5.41 Å². The number of aromatic nitrogens is 2. The molecule has 0 saturated carbocycles. The summed E-state index contributed by atoms with van der Waals surface area (Å²) in [6.45, 7) is 12.2. The van der Waals surface area contributed by atoms with E-state index in [9.17, 15) is 0 Å². The quantitative estimate of drug-likeness (QED) is 0.694. The molecule has 0 spiro atoms. The molecular formula is C24H32N4. The van der Waals surface area contributed by atoms with Crippen molar-refractivity contribution in [3.05, 3.63) is 48.0 Å². The van der Waals surface area contributed by atoms with Crippen LogP contribution < -0.4 is 4.90 Å². The van der Waals surface area contributed by atoms with E-state index in [2.05, 4.69) is 92.0 Å². The zero-order chi connectivity index (χ0) is 19.9. The van der Waals surface area contributed by atoms with Crippen molar-refractivity contribution in [2.45, 2.75) is 45.6 Å². The number of nitrogens with zero attached hydrogens (tertiary/aromatic N) is 3. The first-order chi connectivity index (χ1) is 13.4. The third-order valence-electron chi connectivity index (χ3n) is 6.10. The highest BCUT2D eigenvalue weighted by molar-refractivity contribution is 5.91. The Morgan fingerprint density at radius 1 is 1.07 bits per heavy atom. The maximum absolute atomic E-state index is 5.01. The topological polar surface area (TPSA) is 35.2 Å². The van der Waals surface area contributed by atoms with Crippen LogP contribution in [-0.2, 0) is 5.41 Å². The van der Waals surface area contributed by atoms with Gasteiger partial charge in [-0.3, -0.25) is 4.90 Å². The molecule has 1 N–H and O–H groups in total. The zero-order valence-corrected chi connectivity index (χ0v) is 17.8. The molecule has 28 heavy (non-hydrogen) atoms. The summed E-state index contributed by atoms with van der Waals surface area (Å²) in [4.78, 5) is 13.5. The third kappa shape index (κ3) is 3.53. The molecule has 1 fully saturated rings. The maximum atomic E-state index is 5.01. The van der Waals surface area contributed by atoms with Gasteiger partial charge in [-0.05, 0) is 36.6 Å². The molecule has 0 radical (unpaired) electrons. The van der Waals surface area contributed by atoms with Gasteiger partial charge in [0.25, 0.3) is 0 Å². The number of para-hydroxylation sites is 1. The average Bonchev–Trinajstić information content (AvgIpc) is 3.12. The van der Waals surface area contributed by atoms with Crippen molar-refractivity contribution in [2.75, 3.05) is 31.6 Å². The average molecular weight is 377 g/mol. The molecule has 1 saturated heterocycles. The third-order valence-corrected chi connectivity index (χ3v) is 6.10. The highest BCUT2D eigenvalue weighted by Crippen LogP contribution is 2.31. The highest BCUT2D eigenvalue weighted by Gasteiger charge is 2.25. The summed E-state index contributed by atoms with van der Waals surface area (Å²) in [6, 6.07) is 15.9. The lowest BCUT2D eigenvalue weighted by molar-refractivity contribution is 0.213. The number of likely N-dealkylation sites (N-methyl/N-ethyl adjacent to an activating group) is 1. The van der Waals surface area contributed by atoms with Crippen molar-refractivity contribution < 1.29 is 0 Å². The number of benzene rings is 2. The Kier molecular flexibility index (Phi) is 4.92. The number of hydrogen-bond donors (Lipinski definition) is 1. The van der Waals surface area contributed by atoms with Crippen LogP contribution in [0.25, 0.3) is 22.4 Å². The van der Waals surface area contributed by atoms with E-state index in [0.717, 1.165) is 42.1 Å². The van der Waals surface area contributed by atoms with E-state index in [1.54, 1.807) is 0 Å². The molecule has 4 nitrogen and oxygen atoms in total. The van der Waals surface area contributed by atoms with Crippen LogP contribution in [0.2, 0.25) is 0 Å². The SMILES string of the molecule is CC[C@H]1CN(c2cccc3[nH]c(-c4ccc(C(C)(C)C)cc4)nc23)CCN1C. The number of aromatic amines is 1. The van der Waals surface area contributed by atoms with E-state index in [4.69, 9.17) is 4.98 Å². The minimum absolute atomic E-state index is 0.164. The summed E-state index contributed by atoms with van der Waals surface area (Å²) in [5.41, 5.74) is 6.08. The summed E-state index contributed by atoms with van der Waals surface area (Å²) in [5, 5.41) is 0. The monoisotopic (exact) mass is 376 g/mol. The number of piperazine rings is 1. The molecule has 1 atom stereocenters. The molecule has 0 unspecified atom stereocenters. The second kappa shape index (κ2) is 7.25. The number of imidazole rings is 1. The van der Waals surface area contributed by atoms with E-state index in [1.165, 1.54) is 17.7 Å². The first kappa shape index (κ1) is 19.0. The Morgan fingerprint density at radius 2 is 1.82 bits per heavy atom. The predicted molar refractivity (Wildman–Crippen MR) is 119 cm³/mol. The van der Waals surface area contributed by atoms with Crippen LogP contribution in [0.15, 0.2) is 42.5 Å². The molecule has 1 aromatic heterocycles. The van der Waals surface area contributed by atoms with Gasteiger partial charge in [0.2, 0.25) is 0 Å². The molecule has 148 valence electrons. The molecule has 3 aromatic rings. The first-order valence-electron chi connectivity index (χ1n) is 10.4. The van der Waals surface area contributed by atoms with Crippen LogP contribution in [0.4, 0.5) is 5.69 Å². The summed E-state index contributed by atoms with van der Waals surface area (Å²) in [6.07, 6.45) is 1.18. The number of hydrogen-bond acceptors (Lipinski definition) is 3. The summed E-state index contributed by atoms with van der Waals surface area (Å²) in [5.74, 6) is 0.948. The molecule has 2 heterocycles. The van der Waals surface area contributed by atoms with Crippen molar-refractivity contribution in [3.8, 4) is 11.4 Å². The first-order valence-corrected chi connectivity index (χ1v) is 10.4. The van der Waals surface area contributed by atoms with Crippen LogP contribution in [0.1, 0.15) is 39.7 Å². The summed E-state index contributed by atoms with van der Waals surface area (Å²) in [7, 11) is 2.24. The Bertz CT molecular complexity index is 949. The molecule has 1 aliphatic heterocycles. The van der Waals surface area contributed by atoms with Gasteiger partial charge in [-0.1, -0.05) is 58.0 Å². The van der Waals surface area contributed by atoms with Crippen molar-refractivity contribution in [1.29, 1.82) is 0 Å². The van der Waals surface area contributed by atoms with Crippen LogP contribution in [0.3, 0.4) is 0 Å². The second-order valence-electron chi connectivity index (χ2n) is 9.07. The van der Waals surface area contributed by atoms with Crippen LogP contribution in [0, 0.1) is 0 Å². The maximum Gasteiger partial charge on any atom is 0.138 e. The standard InChI is InChI=1S/C24H32N4/c1-6-19-16-28(15-14-27(19)5)21-9-7-8-20-22(21)26-23(25-20)17-10-12-18(13-11-17)24(2,3)4/h7-13,19H,6,14-16H2,1-5H3,(H,25,26)/t19-/m0/s1. The largest absolute Gasteiger partial charge is 0.367 e. The Balaban J connectivity index is 1.68. The van der Waals surface area contributed by atoms with Gasteiger partial charge < -0.3 is 9.88 Å². The van der Waals surface area contributed by atoms with Gasteiger partial charge in [0, 0.05) is 31.2 Å². The lowest BCUT2D eigenvalue weighted by atomic mass is 9.87. The van der Waals surface area contributed by atoms with Gasteiger partial charge in [0.15, 0.2) is 0 Å². The van der Waals surface area contributed by atoms with Gasteiger partial charge in [0.05, 0.1) is 11.2 Å². The van der Waals surface area contributed by atoms with E-state index in [0.29, 0.717) is 6.04 Å². The second-order valence-corrected chi connectivity index (χ2v) is 9.07. The molecule has 1 aliphatic rings. The van der Waals surface area contributed by atoms with Gasteiger partial charge in [0.1, 0.15) is 11.3 Å². The molecule has 4 heteroatoms. The van der Waals surface area contributed by atoms with Crippen molar-refractivity contribution in [3.63, 3.8) is 0 Å². The van der Waals surface area contributed by atoms with Gasteiger partial charge in [-0.2, -0.15) is 0 Å². The summed E-state index contributed by atoms with van der Waals surface area (Å²) < 4.78 is 0. The van der Waals surface area contributed by atoms with E-state index < -0.39 is 0 Å². The van der Waals surface area contributed by atoms with Gasteiger partial charge in [-0.25, -0.2) is 4.98 Å². The minimum Gasteiger partial charge on any atom is -0.367 e. The number of nitrogens with one attached hydrogen (secondary N) is 1. The fourth-order valence-electron chi connectivity index (χ4n) is 4.14. The minimum atomic E-state index is 0.164. The lowest BCUT2D eigenvalue weighted by Crippen LogP contribution is -2.51. The lowest BCUT2D eigenvalue weighted by Gasteiger charge is -2.40.